The van der Waals surface area contributed by atoms with E-state index in [2.05, 4.69) is 5.32 Å². The van der Waals surface area contributed by atoms with Gasteiger partial charge in [0.25, 0.3) is 0 Å². The van der Waals surface area contributed by atoms with Gasteiger partial charge in [-0.25, -0.2) is 14.4 Å². The third-order valence-electron chi connectivity index (χ3n) is 3.68. The highest BCUT2D eigenvalue weighted by Gasteiger charge is 2.34. The predicted octanol–water partition coefficient (Wildman–Crippen LogP) is 0.650. The van der Waals surface area contributed by atoms with Crippen LogP contribution in [0, 0.1) is 0 Å². The number of carbonyl (C=O) groups excluding carboxylic acids is 3. The fraction of sp³-hybridized carbons (Fsp3) is 0.375. The monoisotopic (exact) mass is 349 g/mol. The molecule has 1 saturated heterocycles. The topological polar surface area (TPSA) is 116 Å². The molecule has 0 saturated carbocycles. The molecule has 25 heavy (non-hydrogen) atoms. The Kier molecular flexibility index (Phi) is 5.93. The minimum Gasteiger partial charge on any atom is -0.480 e. The summed E-state index contributed by atoms with van der Waals surface area (Å²) in [6.45, 7) is 1.41. The first-order valence-electron chi connectivity index (χ1n) is 7.65. The van der Waals surface area contributed by atoms with Crippen LogP contribution in [0.5, 0.6) is 0 Å². The molecule has 1 aromatic carbocycles. The standard InChI is InChI=1S/C16H19N3O6/c1-11(20)19-8-7-18(16(19)24)9-13(14(21)22)17-15(23)25-10-12-5-3-2-4-6-12/h2-6,13H,7-10H2,1H3,(H,17,23)(H,21,22). The smallest absolute Gasteiger partial charge is 0.408 e. The first kappa shape index (κ1) is 18.2. The summed E-state index contributed by atoms with van der Waals surface area (Å²) in [6, 6.07) is 7.02. The number of hydrogen-bond acceptors (Lipinski definition) is 5. The quantitative estimate of drug-likeness (QED) is 0.779. The summed E-state index contributed by atoms with van der Waals surface area (Å²) in [5, 5.41) is 11.5. The van der Waals surface area contributed by atoms with E-state index in [0.717, 1.165) is 10.5 Å². The van der Waals surface area contributed by atoms with Crippen molar-refractivity contribution in [1.29, 1.82) is 0 Å². The summed E-state index contributed by atoms with van der Waals surface area (Å²) < 4.78 is 4.98. The van der Waals surface area contributed by atoms with E-state index >= 15 is 0 Å². The molecule has 0 radical (unpaired) electrons. The van der Waals surface area contributed by atoms with Gasteiger partial charge in [-0.2, -0.15) is 0 Å². The lowest BCUT2D eigenvalue weighted by Crippen LogP contribution is -2.49. The second-order valence-corrected chi connectivity index (χ2v) is 5.50. The Morgan fingerprint density at radius 2 is 1.92 bits per heavy atom. The average Bonchev–Trinajstić information content (AvgIpc) is 2.94. The van der Waals surface area contributed by atoms with Crippen LogP contribution in [-0.2, 0) is 20.9 Å². The molecule has 1 atom stereocenters. The Morgan fingerprint density at radius 1 is 1.24 bits per heavy atom. The van der Waals surface area contributed by atoms with E-state index in [0.29, 0.717) is 0 Å². The van der Waals surface area contributed by atoms with Crippen molar-refractivity contribution >= 4 is 24.0 Å². The van der Waals surface area contributed by atoms with Crippen LogP contribution in [0.4, 0.5) is 9.59 Å². The molecule has 1 aliphatic heterocycles. The van der Waals surface area contributed by atoms with Crippen molar-refractivity contribution in [1.82, 2.24) is 15.1 Å². The fourth-order valence-corrected chi connectivity index (χ4v) is 2.36. The van der Waals surface area contributed by atoms with Gasteiger partial charge in [0, 0.05) is 20.0 Å². The lowest BCUT2D eigenvalue weighted by Gasteiger charge is -2.21. The molecule has 0 aliphatic carbocycles. The minimum absolute atomic E-state index is 0.000227. The van der Waals surface area contributed by atoms with Crippen molar-refractivity contribution < 1.29 is 29.0 Å². The molecule has 1 unspecified atom stereocenters. The van der Waals surface area contributed by atoms with Gasteiger partial charge in [0.1, 0.15) is 12.6 Å². The summed E-state index contributed by atoms with van der Waals surface area (Å²) in [5.74, 6) is -1.71. The maximum Gasteiger partial charge on any atom is 0.408 e. The SMILES string of the molecule is CC(=O)N1CCN(CC(NC(=O)OCc2ccccc2)C(=O)O)C1=O. The summed E-state index contributed by atoms with van der Waals surface area (Å²) >= 11 is 0. The number of carbonyl (C=O) groups is 4. The van der Waals surface area contributed by atoms with Crippen LogP contribution in [0.1, 0.15) is 12.5 Å². The van der Waals surface area contributed by atoms with Gasteiger partial charge < -0.3 is 20.1 Å². The van der Waals surface area contributed by atoms with E-state index in [4.69, 9.17) is 4.74 Å². The molecule has 0 aromatic heterocycles. The third-order valence-corrected chi connectivity index (χ3v) is 3.68. The Morgan fingerprint density at radius 3 is 2.48 bits per heavy atom. The zero-order chi connectivity index (χ0) is 18.4. The number of ether oxygens (including phenoxy) is 1. The number of benzene rings is 1. The highest BCUT2D eigenvalue weighted by molar-refractivity contribution is 5.95. The number of imide groups is 1. The van der Waals surface area contributed by atoms with Gasteiger partial charge in [0.05, 0.1) is 6.54 Å². The van der Waals surface area contributed by atoms with Crippen LogP contribution in [0.2, 0.25) is 0 Å². The van der Waals surface area contributed by atoms with E-state index in [1.807, 2.05) is 6.07 Å². The molecule has 1 fully saturated rings. The van der Waals surface area contributed by atoms with Gasteiger partial charge in [-0.15, -0.1) is 0 Å². The number of carboxylic acids is 1. The van der Waals surface area contributed by atoms with Gasteiger partial charge in [-0.1, -0.05) is 30.3 Å². The van der Waals surface area contributed by atoms with E-state index in [9.17, 15) is 24.3 Å². The molecular weight excluding hydrogens is 330 g/mol. The van der Waals surface area contributed by atoms with Gasteiger partial charge in [0.15, 0.2) is 0 Å². The predicted molar refractivity (Wildman–Crippen MR) is 85.5 cm³/mol. The maximum absolute atomic E-state index is 12.0. The molecule has 2 rings (SSSR count). The van der Waals surface area contributed by atoms with Gasteiger partial charge >= 0.3 is 18.1 Å². The van der Waals surface area contributed by atoms with Crippen LogP contribution >= 0.6 is 0 Å². The fourth-order valence-electron chi connectivity index (χ4n) is 2.36. The van der Waals surface area contributed by atoms with Crippen LogP contribution in [0.25, 0.3) is 0 Å². The third kappa shape index (κ3) is 4.93. The Bertz CT molecular complexity index is 663. The molecule has 1 aliphatic rings. The van der Waals surface area contributed by atoms with Gasteiger partial charge in [-0.05, 0) is 5.56 Å². The average molecular weight is 349 g/mol. The van der Waals surface area contributed by atoms with Crippen LogP contribution < -0.4 is 5.32 Å². The molecule has 0 bridgehead atoms. The second kappa shape index (κ2) is 8.13. The normalized spacial score (nSPS) is 15.0. The molecule has 1 aromatic rings. The summed E-state index contributed by atoms with van der Waals surface area (Å²) in [7, 11) is 0. The van der Waals surface area contributed by atoms with Crippen molar-refractivity contribution in [2.75, 3.05) is 19.6 Å². The van der Waals surface area contributed by atoms with Crippen molar-refractivity contribution in [3.63, 3.8) is 0 Å². The Balaban J connectivity index is 1.88. The molecule has 4 amide bonds. The maximum atomic E-state index is 12.0. The first-order chi connectivity index (χ1) is 11.9. The number of aliphatic carboxylic acids is 1. The summed E-state index contributed by atoms with van der Waals surface area (Å²) in [6.07, 6.45) is -0.897. The van der Waals surface area contributed by atoms with Crippen LogP contribution in [0.15, 0.2) is 30.3 Å². The number of carboxylic acid groups (broad SMARTS) is 1. The number of alkyl carbamates (subject to hydrolysis) is 1. The molecule has 1 heterocycles. The summed E-state index contributed by atoms with van der Waals surface area (Å²) in [5.41, 5.74) is 0.761. The minimum atomic E-state index is -1.33. The zero-order valence-corrected chi connectivity index (χ0v) is 13.7. The van der Waals surface area contributed by atoms with Gasteiger partial charge in [-0.3, -0.25) is 9.69 Å². The van der Waals surface area contributed by atoms with Crippen molar-refractivity contribution in [3.05, 3.63) is 35.9 Å². The Labute approximate surface area is 144 Å². The zero-order valence-electron chi connectivity index (χ0n) is 13.7. The number of rotatable bonds is 6. The number of amides is 4. The lowest BCUT2D eigenvalue weighted by atomic mass is 10.2. The number of nitrogens with zero attached hydrogens (tertiary/aromatic N) is 2. The number of urea groups is 1. The van der Waals surface area contributed by atoms with E-state index < -0.39 is 30.0 Å². The number of hydrogen-bond donors (Lipinski definition) is 2. The first-order valence-corrected chi connectivity index (χ1v) is 7.65. The second-order valence-electron chi connectivity index (χ2n) is 5.50. The lowest BCUT2D eigenvalue weighted by molar-refractivity contribution is -0.139. The van der Waals surface area contributed by atoms with Crippen molar-refractivity contribution in [3.8, 4) is 0 Å². The Hall–Kier alpha value is -3.10. The molecule has 9 heteroatoms. The van der Waals surface area contributed by atoms with E-state index in [1.54, 1.807) is 24.3 Å². The van der Waals surface area contributed by atoms with Gasteiger partial charge in [0.2, 0.25) is 5.91 Å². The largest absolute Gasteiger partial charge is 0.480 e. The molecule has 9 nitrogen and oxygen atoms in total. The van der Waals surface area contributed by atoms with E-state index in [-0.39, 0.29) is 26.2 Å². The van der Waals surface area contributed by atoms with Crippen molar-refractivity contribution in [2.24, 2.45) is 0 Å². The molecular formula is C16H19N3O6. The highest BCUT2D eigenvalue weighted by Crippen LogP contribution is 2.10. The molecule has 134 valence electrons. The molecule has 0 spiro atoms. The van der Waals surface area contributed by atoms with Crippen LogP contribution in [-0.4, -0.2) is 64.6 Å². The highest BCUT2D eigenvalue weighted by atomic mass is 16.5. The summed E-state index contributed by atoms with van der Waals surface area (Å²) in [4.78, 5) is 48.6. The van der Waals surface area contributed by atoms with Crippen molar-refractivity contribution in [2.45, 2.75) is 19.6 Å². The number of nitrogens with one attached hydrogen (secondary N) is 1. The van der Waals surface area contributed by atoms with Crippen LogP contribution in [0.3, 0.4) is 0 Å². The molecule has 2 N–H and O–H groups in total. The van der Waals surface area contributed by atoms with E-state index in [1.165, 1.54) is 11.8 Å².